The van der Waals surface area contributed by atoms with Crippen LogP contribution in [0, 0.1) is 0 Å². The molecule has 0 aliphatic carbocycles. The molecule has 4 nitrogen and oxygen atoms in total. The van der Waals surface area contributed by atoms with Crippen molar-refractivity contribution in [1.29, 1.82) is 0 Å². The average molecular weight is 703 g/mol. The molecule has 55 heavy (non-hydrogen) atoms. The van der Waals surface area contributed by atoms with Crippen molar-refractivity contribution in [2.75, 3.05) is 4.90 Å². The summed E-state index contributed by atoms with van der Waals surface area (Å²) in [5.41, 5.74) is 11.0. The van der Waals surface area contributed by atoms with E-state index in [1.807, 2.05) is 12.1 Å². The minimum absolute atomic E-state index is 0.687. The van der Waals surface area contributed by atoms with E-state index in [1.165, 1.54) is 0 Å². The summed E-state index contributed by atoms with van der Waals surface area (Å²) in [6.45, 7) is 0. The minimum Gasteiger partial charge on any atom is -0.311 e. The molecule has 8 aromatic carbocycles. The van der Waals surface area contributed by atoms with Gasteiger partial charge in [0.1, 0.15) is 0 Å². The van der Waals surface area contributed by atoms with Gasteiger partial charge < -0.3 is 4.90 Å². The van der Waals surface area contributed by atoms with Gasteiger partial charge in [-0.25, -0.2) is 15.0 Å². The molecule has 0 amide bonds. The molecule has 0 radical (unpaired) electrons. The van der Waals surface area contributed by atoms with Gasteiger partial charge in [-0.05, 0) is 53.9 Å². The fourth-order valence-electron chi connectivity index (χ4n) is 7.68. The highest BCUT2D eigenvalue weighted by atomic mass is 15.1. The van der Waals surface area contributed by atoms with Crippen LogP contribution in [0.25, 0.3) is 77.6 Å². The van der Waals surface area contributed by atoms with Gasteiger partial charge in [0.15, 0.2) is 5.82 Å². The van der Waals surface area contributed by atoms with Gasteiger partial charge in [0.25, 0.3) is 0 Å². The highest BCUT2D eigenvalue weighted by Gasteiger charge is 2.19. The predicted molar refractivity (Wildman–Crippen MR) is 229 cm³/mol. The number of hydrogen-bond acceptors (Lipinski definition) is 4. The second kappa shape index (κ2) is 13.8. The van der Waals surface area contributed by atoms with Gasteiger partial charge in [-0.1, -0.05) is 158 Å². The Morgan fingerprint density at radius 3 is 1.51 bits per heavy atom. The van der Waals surface area contributed by atoms with Crippen LogP contribution < -0.4 is 4.90 Å². The summed E-state index contributed by atoms with van der Waals surface area (Å²) in [5, 5.41) is 5.55. The van der Waals surface area contributed by atoms with Gasteiger partial charge in [-0.3, -0.25) is 0 Å². The van der Waals surface area contributed by atoms with E-state index < -0.39 is 0 Å². The summed E-state index contributed by atoms with van der Waals surface area (Å²) in [5.74, 6) is 0.687. The number of para-hydroxylation sites is 3. The van der Waals surface area contributed by atoms with Crippen LogP contribution in [0.2, 0.25) is 0 Å². The van der Waals surface area contributed by atoms with Crippen molar-refractivity contribution in [3.8, 4) is 45.2 Å². The van der Waals surface area contributed by atoms with E-state index in [9.17, 15) is 0 Å². The van der Waals surface area contributed by atoms with E-state index in [-0.39, 0.29) is 0 Å². The van der Waals surface area contributed by atoms with Gasteiger partial charge in [0.05, 0.1) is 22.6 Å². The van der Waals surface area contributed by atoms with Crippen molar-refractivity contribution in [2.24, 2.45) is 0 Å². The molecule has 2 aromatic heterocycles. The molecule has 2 heterocycles. The van der Waals surface area contributed by atoms with Gasteiger partial charge in [0, 0.05) is 60.9 Å². The Bertz CT molecular complexity index is 2850. The quantitative estimate of drug-likeness (QED) is 0.155. The number of hydrogen-bond donors (Lipinski definition) is 0. The van der Waals surface area contributed by atoms with Crippen molar-refractivity contribution >= 4 is 49.5 Å². The third kappa shape index (κ3) is 5.96. The zero-order valence-corrected chi connectivity index (χ0v) is 29.9. The Hall–Kier alpha value is -7.43. The normalized spacial score (nSPS) is 11.3. The lowest BCUT2D eigenvalue weighted by atomic mass is 9.92. The number of benzene rings is 8. The van der Waals surface area contributed by atoms with Crippen molar-refractivity contribution in [3.05, 3.63) is 206 Å². The zero-order valence-electron chi connectivity index (χ0n) is 29.9. The zero-order chi connectivity index (χ0) is 36.6. The predicted octanol–water partition coefficient (Wildman–Crippen LogP) is 13.5. The van der Waals surface area contributed by atoms with Crippen LogP contribution in [0.5, 0.6) is 0 Å². The van der Waals surface area contributed by atoms with E-state index in [4.69, 9.17) is 15.0 Å². The molecule has 10 rings (SSSR count). The van der Waals surface area contributed by atoms with Crippen molar-refractivity contribution < 1.29 is 0 Å². The molecule has 10 aromatic rings. The number of aromatic nitrogens is 3. The van der Waals surface area contributed by atoms with E-state index in [2.05, 4.69) is 199 Å². The van der Waals surface area contributed by atoms with Crippen molar-refractivity contribution in [2.45, 2.75) is 0 Å². The third-order valence-electron chi connectivity index (χ3n) is 10.2. The Balaban J connectivity index is 1.19. The van der Waals surface area contributed by atoms with Gasteiger partial charge in [-0.2, -0.15) is 0 Å². The molecular formula is C51H34N4. The molecule has 0 unspecified atom stereocenters. The summed E-state index contributed by atoms with van der Waals surface area (Å²) >= 11 is 0. The van der Waals surface area contributed by atoms with Crippen LogP contribution in [-0.2, 0) is 0 Å². The first-order valence-electron chi connectivity index (χ1n) is 18.5. The lowest BCUT2D eigenvalue weighted by Crippen LogP contribution is -2.09. The topological polar surface area (TPSA) is 41.9 Å². The summed E-state index contributed by atoms with van der Waals surface area (Å²) < 4.78 is 0. The molecule has 4 heteroatoms. The standard InChI is InChI=1S/C51H34N4/c1-5-16-35(17-6-1)46-34-47(36-18-7-2-8-19-36)54-51(53-46)44-26-15-20-37-30-33-43-49(48(37)44)42-25-13-14-27-45(42)52-50(43)38-28-31-41(32-29-38)55(39-21-9-3-10-22-39)40-23-11-4-12-24-40/h1-34H. The highest BCUT2D eigenvalue weighted by Crippen LogP contribution is 2.42. The number of nitrogens with zero attached hydrogens (tertiary/aromatic N) is 4. The van der Waals surface area contributed by atoms with Gasteiger partial charge >= 0.3 is 0 Å². The first kappa shape index (κ1) is 32.2. The van der Waals surface area contributed by atoms with Crippen LogP contribution in [0.3, 0.4) is 0 Å². The summed E-state index contributed by atoms with van der Waals surface area (Å²) in [4.78, 5) is 18.1. The molecular weight excluding hydrogens is 669 g/mol. The number of rotatable bonds is 7. The number of fused-ring (bicyclic) bond motifs is 5. The molecule has 0 aliphatic rings. The summed E-state index contributed by atoms with van der Waals surface area (Å²) in [7, 11) is 0. The molecule has 0 N–H and O–H groups in total. The maximum atomic E-state index is 5.34. The fourth-order valence-corrected chi connectivity index (χ4v) is 7.68. The summed E-state index contributed by atoms with van der Waals surface area (Å²) in [6, 6.07) is 71.9. The van der Waals surface area contributed by atoms with Crippen LogP contribution in [0.15, 0.2) is 206 Å². The highest BCUT2D eigenvalue weighted by molar-refractivity contribution is 6.25. The second-order valence-corrected chi connectivity index (χ2v) is 13.6. The molecule has 0 spiro atoms. The van der Waals surface area contributed by atoms with E-state index in [0.29, 0.717) is 5.82 Å². The SMILES string of the molecule is c1ccc(-c2cc(-c3ccccc3)nc(-c3cccc4ccc5c(-c6ccc(N(c7ccccc7)c7ccccc7)cc6)nc6ccccc6c5c34)n2)cc1. The molecule has 0 aliphatic heterocycles. The minimum atomic E-state index is 0.687. The van der Waals surface area contributed by atoms with Crippen LogP contribution in [-0.4, -0.2) is 15.0 Å². The molecule has 0 atom stereocenters. The third-order valence-corrected chi connectivity index (χ3v) is 10.2. The Labute approximate surface area is 319 Å². The van der Waals surface area contributed by atoms with Gasteiger partial charge in [0.2, 0.25) is 0 Å². The van der Waals surface area contributed by atoms with Crippen molar-refractivity contribution in [3.63, 3.8) is 0 Å². The molecule has 258 valence electrons. The first-order valence-corrected chi connectivity index (χ1v) is 18.5. The molecule has 0 fully saturated rings. The molecule has 0 saturated carbocycles. The fraction of sp³-hybridized carbons (Fsp3) is 0. The van der Waals surface area contributed by atoms with Gasteiger partial charge in [-0.15, -0.1) is 0 Å². The Morgan fingerprint density at radius 1 is 0.345 bits per heavy atom. The number of pyridine rings is 1. The van der Waals surface area contributed by atoms with E-state index in [1.54, 1.807) is 0 Å². The molecule has 0 bridgehead atoms. The first-order chi connectivity index (χ1) is 27.3. The maximum Gasteiger partial charge on any atom is 0.161 e. The smallest absolute Gasteiger partial charge is 0.161 e. The number of anilines is 3. The lowest BCUT2D eigenvalue weighted by Gasteiger charge is -2.25. The largest absolute Gasteiger partial charge is 0.311 e. The van der Waals surface area contributed by atoms with E-state index >= 15 is 0 Å². The maximum absolute atomic E-state index is 5.34. The Kier molecular flexibility index (Phi) is 8.12. The van der Waals surface area contributed by atoms with Crippen LogP contribution in [0.4, 0.5) is 17.1 Å². The monoisotopic (exact) mass is 702 g/mol. The van der Waals surface area contributed by atoms with Crippen LogP contribution in [0.1, 0.15) is 0 Å². The van der Waals surface area contributed by atoms with E-state index in [0.717, 1.165) is 88.8 Å². The summed E-state index contributed by atoms with van der Waals surface area (Å²) in [6.07, 6.45) is 0. The van der Waals surface area contributed by atoms with Crippen molar-refractivity contribution in [1.82, 2.24) is 15.0 Å². The average Bonchev–Trinajstić information content (AvgIpc) is 3.27. The Morgan fingerprint density at radius 2 is 0.891 bits per heavy atom. The lowest BCUT2D eigenvalue weighted by molar-refractivity contribution is 1.19. The van der Waals surface area contributed by atoms with Crippen LogP contribution >= 0.6 is 0 Å². The second-order valence-electron chi connectivity index (χ2n) is 13.6. The molecule has 0 saturated heterocycles.